The van der Waals surface area contributed by atoms with Crippen LogP contribution < -0.4 is 0 Å². The lowest BCUT2D eigenvalue weighted by atomic mass is 9.81. The highest BCUT2D eigenvalue weighted by Gasteiger charge is 2.35. The van der Waals surface area contributed by atoms with Crippen molar-refractivity contribution in [2.45, 2.75) is 12.8 Å². The van der Waals surface area contributed by atoms with Gasteiger partial charge in [0.05, 0.1) is 6.61 Å². The zero-order chi connectivity index (χ0) is 11.4. The molecule has 0 aliphatic carbocycles. The smallest absolute Gasteiger partial charge is 0.248 e. The van der Waals surface area contributed by atoms with Crippen molar-refractivity contribution in [2.75, 3.05) is 45.3 Å². The summed E-state index contributed by atoms with van der Waals surface area (Å²) in [6.45, 7) is 4.00. The number of hydrogen-bond donors (Lipinski definition) is 1. The number of carbonyl (C=O) groups is 1. The Morgan fingerprint density at radius 2 is 2.00 bits per heavy atom. The van der Waals surface area contributed by atoms with Gasteiger partial charge in [-0.15, -0.1) is 0 Å². The Morgan fingerprint density at radius 1 is 1.25 bits per heavy atom. The van der Waals surface area contributed by atoms with Gasteiger partial charge in [-0.1, -0.05) is 0 Å². The molecule has 5 heteroatoms. The van der Waals surface area contributed by atoms with E-state index in [2.05, 4.69) is 12.6 Å². The number of morpholine rings is 1. The van der Waals surface area contributed by atoms with Gasteiger partial charge < -0.3 is 14.4 Å². The standard InChI is InChI=1S/C11H19NO3S/c13-10-7-15-6-3-12(10)8-11(9-16)1-4-14-5-2-11/h16H,1-9H2. The summed E-state index contributed by atoms with van der Waals surface area (Å²) in [5, 5.41) is 0. The van der Waals surface area contributed by atoms with E-state index < -0.39 is 0 Å². The van der Waals surface area contributed by atoms with Gasteiger partial charge in [-0.2, -0.15) is 12.6 Å². The predicted molar refractivity (Wildman–Crippen MR) is 63.7 cm³/mol. The molecule has 0 aromatic carbocycles. The minimum absolute atomic E-state index is 0.110. The fourth-order valence-electron chi connectivity index (χ4n) is 2.29. The molecular formula is C11H19NO3S. The van der Waals surface area contributed by atoms with Crippen molar-refractivity contribution in [3.05, 3.63) is 0 Å². The maximum atomic E-state index is 11.7. The molecule has 0 bridgehead atoms. The molecule has 16 heavy (non-hydrogen) atoms. The first-order valence-electron chi connectivity index (χ1n) is 5.80. The fourth-order valence-corrected chi connectivity index (χ4v) is 2.71. The van der Waals surface area contributed by atoms with Crippen LogP contribution in [0.2, 0.25) is 0 Å². The first-order valence-corrected chi connectivity index (χ1v) is 6.43. The maximum absolute atomic E-state index is 11.7. The molecular weight excluding hydrogens is 226 g/mol. The van der Waals surface area contributed by atoms with Gasteiger partial charge in [0.2, 0.25) is 5.91 Å². The highest BCUT2D eigenvalue weighted by atomic mass is 32.1. The number of carbonyl (C=O) groups excluding carboxylic acids is 1. The molecule has 0 N–H and O–H groups in total. The van der Waals surface area contributed by atoms with E-state index in [9.17, 15) is 4.79 Å². The molecule has 0 spiro atoms. The highest BCUT2D eigenvalue weighted by molar-refractivity contribution is 7.80. The van der Waals surface area contributed by atoms with Crippen LogP contribution in [-0.2, 0) is 14.3 Å². The van der Waals surface area contributed by atoms with E-state index >= 15 is 0 Å². The first kappa shape index (κ1) is 12.2. The van der Waals surface area contributed by atoms with E-state index in [1.165, 1.54) is 0 Å². The quantitative estimate of drug-likeness (QED) is 0.739. The Hall–Kier alpha value is -0.260. The van der Waals surface area contributed by atoms with Crippen molar-refractivity contribution in [3.63, 3.8) is 0 Å². The average Bonchev–Trinajstić information content (AvgIpc) is 2.33. The van der Waals surface area contributed by atoms with Crippen LogP contribution in [0.15, 0.2) is 0 Å². The zero-order valence-corrected chi connectivity index (χ0v) is 10.4. The molecule has 2 saturated heterocycles. The molecule has 4 nitrogen and oxygen atoms in total. The molecule has 2 fully saturated rings. The fraction of sp³-hybridized carbons (Fsp3) is 0.909. The van der Waals surface area contributed by atoms with Crippen molar-refractivity contribution in [1.82, 2.24) is 4.90 Å². The molecule has 2 rings (SSSR count). The average molecular weight is 245 g/mol. The summed E-state index contributed by atoms with van der Waals surface area (Å²) < 4.78 is 10.5. The number of ether oxygens (including phenoxy) is 2. The third-order valence-electron chi connectivity index (χ3n) is 3.50. The molecule has 0 atom stereocenters. The van der Waals surface area contributed by atoms with Crippen LogP contribution >= 0.6 is 12.6 Å². The normalized spacial score (nSPS) is 25.8. The largest absolute Gasteiger partial charge is 0.381 e. The SMILES string of the molecule is O=C1COCCN1CC1(CS)CCOCC1. The van der Waals surface area contributed by atoms with Gasteiger partial charge in [0, 0.05) is 31.7 Å². The van der Waals surface area contributed by atoms with Crippen LogP contribution in [-0.4, -0.2) is 56.1 Å². The minimum Gasteiger partial charge on any atom is -0.381 e. The molecule has 2 aliphatic rings. The van der Waals surface area contributed by atoms with Crippen LogP contribution in [0.3, 0.4) is 0 Å². The molecule has 92 valence electrons. The number of hydrogen-bond acceptors (Lipinski definition) is 4. The number of thiol groups is 1. The van der Waals surface area contributed by atoms with E-state index in [1.807, 2.05) is 4.90 Å². The van der Waals surface area contributed by atoms with Gasteiger partial charge >= 0.3 is 0 Å². The summed E-state index contributed by atoms with van der Waals surface area (Å²) in [5.41, 5.74) is 0.147. The van der Waals surface area contributed by atoms with E-state index in [0.29, 0.717) is 6.61 Å². The van der Waals surface area contributed by atoms with Crippen molar-refractivity contribution < 1.29 is 14.3 Å². The molecule has 1 amide bonds. The third kappa shape index (κ3) is 2.70. The van der Waals surface area contributed by atoms with Gasteiger partial charge in [-0.05, 0) is 18.6 Å². The third-order valence-corrected chi connectivity index (χ3v) is 4.17. The van der Waals surface area contributed by atoms with E-state index in [4.69, 9.17) is 9.47 Å². The van der Waals surface area contributed by atoms with E-state index in [0.717, 1.165) is 44.9 Å². The van der Waals surface area contributed by atoms with E-state index in [1.54, 1.807) is 0 Å². The van der Waals surface area contributed by atoms with Crippen LogP contribution in [0.4, 0.5) is 0 Å². The summed E-state index contributed by atoms with van der Waals surface area (Å²) >= 11 is 4.45. The van der Waals surface area contributed by atoms with Gasteiger partial charge in [-0.25, -0.2) is 0 Å². The van der Waals surface area contributed by atoms with Gasteiger partial charge in [0.15, 0.2) is 0 Å². The number of amides is 1. The van der Waals surface area contributed by atoms with Crippen molar-refractivity contribution >= 4 is 18.5 Å². The van der Waals surface area contributed by atoms with Gasteiger partial charge in [-0.3, -0.25) is 4.79 Å². The number of nitrogens with zero attached hydrogens (tertiary/aromatic N) is 1. The lowest BCUT2D eigenvalue weighted by molar-refractivity contribution is -0.145. The molecule has 2 aliphatic heterocycles. The minimum atomic E-state index is 0.110. The molecule has 0 aromatic rings. The Labute approximate surface area is 102 Å². The summed E-state index contributed by atoms with van der Waals surface area (Å²) in [7, 11) is 0. The topological polar surface area (TPSA) is 38.8 Å². The molecule has 0 unspecified atom stereocenters. The van der Waals surface area contributed by atoms with Crippen LogP contribution in [0, 0.1) is 5.41 Å². The Bertz CT molecular complexity index is 254. The second kappa shape index (κ2) is 5.38. The lowest BCUT2D eigenvalue weighted by Gasteiger charge is -2.41. The molecule has 2 heterocycles. The monoisotopic (exact) mass is 245 g/mol. The highest BCUT2D eigenvalue weighted by Crippen LogP contribution is 2.33. The second-order valence-electron chi connectivity index (χ2n) is 4.64. The summed E-state index contributed by atoms with van der Waals surface area (Å²) in [4.78, 5) is 13.6. The zero-order valence-electron chi connectivity index (χ0n) is 9.48. The summed E-state index contributed by atoms with van der Waals surface area (Å²) in [6, 6.07) is 0. The number of rotatable bonds is 3. The van der Waals surface area contributed by atoms with Crippen molar-refractivity contribution in [3.8, 4) is 0 Å². The first-order chi connectivity index (χ1) is 7.76. The molecule has 0 radical (unpaired) electrons. The molecule has 0 aromatic heterocycles. The Morgan fingerprint density at radius 3 is 2.62 bits per heavy atom. The van der Waals surface area contributed by atoms with Gasteiger partial charge in [0.1, 0.15) is 6.61 Å². The van der Waals surface area contributed by atoms with Crippen LogP contribution in [0.25, 0.3) is 0 Å². The summed E-state index contributed by atoms with van der Waals surface area (Å²) in [6.07, 6.45) is 2.00. The second-order valence-corrected chi connectivity index (χ2v) is 4.95. The maximum Gasteiger partial charge on any atom is 0.248 e. The van der Waals surface area contributed by atoms with Crippen molar-refractivity contribution in [2.24, 2.45) is 5.41 Å². The van der Waals surface area contributed by atoms with E-state index in [-0.39, 0.29) is 17.9 Å². The van der Waals surface area contributed by atoms with Crippen molar-refractivity contribution in [1.29, 1.82) is 0 Å². The Kier molecular flexibility index (Phi) is 4.10. The summed E-state index contributed by atoms with van der Waals surface area (Å²) in [5.74, 6) is 0.931. The van der Waals surface area contributed by atoms with Crippen LogP contribution in [0.1, 0.15) is 12.8 Å². The lowest BCUT2D eigenvalue weighted by Crippen LogP contribution is -2.49. The molecule has 0 saturated carbocycles. The predicted octanol–water partition coefficient (Wildman–Crippen LogP) is 0.572. The van der Waals surface area contributed by atoms with Gasteiger partial charge in [0.25, 0.3) is 0 Å². The Balaban J connectivity index is 1.96. The van der Waals surface area contributed by atoms with Crippen LogP contribution in [0.5, 0.6) is 0 Å².